The molecule has 0 spiro atoms. The number of thioether (sulfide) groups is 1. The monoisotopic (exact) mass is 458 g/mol. The number of pyridine rings is 1. The van der Waals surface area contributed by atoms with Crippen LogP contribution in [0.1, 0.15) is 0 Å². The van der Waals surface area contributed by atoms with Crippen molar-refractivity contribution in [2.45, 2.75) is 5.16 Å². The van der Waals surface area contributed by atoms with E-state index >= 15 is 0 Å². The fourth-order valence-electron chi connectivity index (χ4n) is 3.29. The van der Waals surface area contributed by atoms with Crippen molar-refractivity contribution in [1.29, 1.82) is 0 Å². The van der Waals surface area contributed by atoms with E-state index in [0.29, 0.717) is 16.7 Å². The Balaban J connectivity index is 1.49. The van der Waals surface area contributed by atoms with Crippen LogP contribution in [0.2, 0.25) is 0 Å². The lowest BCUT2D eigenvalue weighted by Crippen LogP contribution is -2.14. The highest BCUT2D eigenvalue weighted by atomic mass is 32.2. The maximum Gasteiger partial charge on any atom is 0.234 e. The van der Waals surface area contributed by atoms with Crippen molar-refractivity contribution in [3.05, 3.63) is 79.0 Å². The highest BCUT2D eigenvalue weighted by Gasteiger charge is 2.22. The van der Waals surface area contributed by atoms with Gasteiger partial charge in [0.25, 0.3) is 0 Å². The topological polar surface area (TPSA) is 98.7 Å². The molecule has 32 heavy (non-hydrogen) atoms. The summed E-state index contributed by atoms with van der Waals surface area (Å²) in [5.41, 5.74) is 8.73. The van der Waals surface area contributed by atoms with Crippen molar-refractivity contribution >= 4 is 50.6 Å². The summed E-state index contributed by atoms with van der Waals surface area (Å²) in [6, 6.07) is 23.0. The number of rotatable bonds is 6. The standard InChI is InChI=1S/C23H18N6OS2/c24-19-17-12-7-13-25-22(17)32-20(19)21-27-28-23(29(21)16-10-5-2-6-11-16)31-14-18(30)26-15-8-3-1-4-9-15/h1-13H,14,24H2,(H,26,30). The molecule has 0 atom stereocenters. The number of fused-ring (bicyclic) bond motifs is 1. The summed E-state index contributed by atoms with van der Waals surface area (Å²) in [5, 5.41) is 13.2. The Bertz CT molecular complexity index is 1380. The summed E-state index contributed by atoms with van der Waals surface area (Å²) in [5.74, 6) is 0.710. The van der Waals surface area contributed by atoms with Gasteiger partial charge >= 0.3 is 0 Å². The van der Waals surface area contributed by atoms with Gasteiger partial charge in [0.05, 0.1) is 16.3 Å². The summed E-state index contributed by atoms with van der Waals surface area (Å²) >= 11 is 2.80. The van der Waals surface area contributed by atoms with Crippen LogP contribution < -0.4 is 11.1 Å². The number of carbonyl (C=O) groups excluding carboxylic acids is 1. The molecule has 9 heteroatoms. The Hall–Kier alpha value is -3.69. The minimum Gasteiger partial charge on any atom is -0.397 e. The summed E-state index contributed by atoms with van der Waals surface area (Å²) in [6.07, 6.45) is 1.75. The second-order valence-electron chi connectivity index (χ2n) is 6.88. The molecule has 2 aromatic carbocycles. The third-order valence-corrected chi connectivity index (χ3v) is 6.80. The second kappa shape index (κ2) is 8.81. The van der Waals surface area contributed by atoms with Crippen molar-refractivity contribution in [2.24, 2.45) is 0 Å². The van der Waals surface area contributed by atoms with Crippen LogP contribution in [0.25, 0.3) is 26.6 Å². The molecule has 0 saturated carbocycles. The number of anilines is 2. The number of thiophene rings is 1. The van der Waals surface area contributed by atoms with Crippen molar-refractivity contribution < 1.29 is 4.79 Å². The lowest BCUT2D eigenvalue weighted by atomic mass is 10.2. The second-order valence-corrected chi connectivity index (χ2v) is 8.82. The maximum absolute atomic E-state index is 12.5. The zero-order valence-electron chi connectivity index (χ0n) is 16.8. The molecule has 5 aromatic rings. The number of para-hydroxylation sites is 2. The number of aromatic nitrogens is 4. The predicted molar refractivity (Wildman–Crippen MR) is 130 cm³/mol. The van der Waals surface area contributed by atoms with Gasteiger partial charge in [-0.2, -0.15) is 0 Å². The smallest absolute Gasteiger partial charge is 0.234 e. The molecule has 0 saturated heterocycles. The van der Waals surface area contributed by atoms with Crippen molar-refractivity contribution in [3.8, 4) is 16.4 Å². The number of nitrogens with zero attached hydrogens (tertiary/aromatic N) is 4. The molecule has 0 fully saturated rings. The highest BCUT2D eigenvalue weighted by Crippen LogP contribution is 2.40. The lowest BCUT2D eigenvalue weighted by Gasteiger charge is -2.10. The fourth-order valence-corrected chi connectivity index (χ4v) is 5.08. The van der Waals surface area contributed by atoms with E-state index in [9.17, 15) is 4.79 Å². The normalized spacial score (nSPS) is 11.0. The molecule has 0 aliphatic rings. The molecular weight excluding hydrogens is 440 g/mol. The average Bonchev–Trinajstić information content (AvgIpc) is 3.40. The zero-order valence-corrected chi connectivity index (χ0v) is 18.4. The first kappa shape index (κ1) is 20.2. The largest absolute Gasteiger partial charge is 0.397 e. The van der Waals surface area contributed by atoms with Crippen LogP contribution in [0.15, 0.2) is 84.1 Å². The Morgan fingerprint density at radius 3 is 2.50 bits per heavy atom. The van der Waals surface area contributed by atoms with Crippen LogP contribution in [0.3, 0.4) is 0 Å². The first-order valence-corrected chi connectivity index (χ1v) is 11.6. The summed E-state index contributed by atoms with van der Waals surface area (Å²) in [6.45, 7) is 0. The molecule has 0 bridgehead atoms. The fraction of sp³-hybridized carbons (Fsp3) is 0.0435. The van der Waals surface area contributed by atoms with Gasteiger partial charge < -0.3 is 11.1 Å². The minimum atomic E-state index is -0.115. The maximum atomic E-state index is 12.5. The Labute approximate surface area is 192 Å². The molecule has 158 valence electrons. The first-order chi connectivity index (χ1) is 15.7. The number of carbonyl (C=O) groups is 1. The number of hydrogen-bond donors (Lipinski definition) is 2. The van der Waals surface area contributed by atoms with Gasteiger partial charge in [-0.15, -0.1) is 21.5 Å². The number of nitrogens with one attached hydrogen (secondary N) is 1. The number of nitrogens with two attached hydrogens (primary N) is 1. The summed E-state index contributed by atoms with van der Waals surface area (Å²) < 4.78 is 1.93. The molecule has 3 aromatic heterocycles. The molecule has 5 rings (SSSR count). The highest BCUT2D eigenvalue weighted by molar-refractivity contribution is 7.99. The van der Waals surface area contributed by atoms with Gasteiger partial charge in [0.2, 0.25) is 5.91 Å². The van der Waals surface area contributed by atoms with Crippen molar-refractivity contribution in [1.82, 2.24) is 19.7 Å². The first-order valence-electron chi connectivity index (χ1n) is 9.82. The number of nitrogen functional groups attached to an aromatic ring is 1. The molecule has 7 nitrogen and oxygen atoms in total. The van der Waals surface area contributed by atoms with Crippen LogP contribution in [-0.4, -0.2) is 31.4 Å². The van der Waals surface area contributed by atoms with Gasteiger partial charge in [0.1, 0.15) is 4.83 Å². The minimum absolute atomic E-state index is 0.115. The SMILES string of the molecule is Nc1c(-c2nnc(SCC(=O)Nc3ccccc3)n2-c2ccccc2)sc2ncccc12. The molecule has 0 aliphatic carbocycles. The van der Waals surface area contributed by atoms with Crippen LogP contribution in [0, 0.1) is 0 Å². The van der Waals surface area contributed by atoms with Gasteiger partial charge in [-0.05, 0) is 36.4 Å². The van der Waals surface area contributed by atoms with Gasteiger partial charge in [-0.3, -0.25) is 9.36 Å². The molecule has 3 heterocycles. The van der Waals surface area contributed by atoms with Crippen LogP contribution in [0.4, 0.5) is 11.4 Å². The van der Waals surface area contributed by atoms with E-state index in [0.717, 1.165) is 26.5 Å². The van der Waals surface area contributed by atoms with Gasteiger partial charge in [0.15, 0.2) is 11.0 Å². The van der Waals surface area contributed by atoms with E-state index in [1.54, 1.807) is 6.20 Å². The van der Waals surface area contributed by atoms with E-state index in [-0.39, 0.29) is 11.7 Å². The lowest BCUT2D eigenvalue weighted by molar-refractivity contribution is -0.113. The van der Waals surface area contributed by atoms with Gasteiger partial charge in [-0.25, -0.2) is 4.98 Å². The van der Waals surface area contributed by atoms with Crippen molar-refractivity contribution in [2.75, 3.05) is 16.8 Å². The number of amides is 1. The molecule has 3 N–H and O–H groups in total. The molecule has 0 aliphatic heterocycles. The van der Waals surface area contributed by atoms with E-state index < -0.39 is 0 Å². The van der Waals surface area contributed by atoms with Crippen LogP contribution >= 0.6 is 23.1 Å². The molecule has 0 unspecified atom stereocenters. The van der Waals surface area contributed by atoms with E-state index in [4.69, 9.17) is 5.73 Å². The number of hydrogen-bond acceptors (Lipinski definition) is 7. The van der Waals surface area contributed by atoms with Gasteiger partial charge in [0, 0.05) is 23.0 Å². The third kappa shape index (κ3) is 3.95. The van der Waals surface area contributed by atoms with E-state index in [2.05, 4.69) is 20.5 Å². The predicted octanol–water partition coefficient (Wildman–Crippen LogP) is 4.86. The Kier molecular flexibility index (Phi) is 5.57. The Morgan fingerprint density at radius 1 is 1.00 bits per heavy atom. The van der Waals surface area contributed by atoms with E-state index in [1.807, 2.05) is 77.4 Å². The number of benzene rings is 2. The van der Waals surface area contributed by atoms with Crippen LogP contribution in [-0.2, 0) is 4.79 Å². The van der Waals surface area contributed by atoms with E-state index in [1.165, 1.54) is 23.1 Å². The molecular formula is C23H18N6OS2. The van der Waals surface area contributed by atoms with Gasteiger partial charge in [-0.1, -0.05) is 48.2 Å². The molecule has 0 radical (unpaired) electrons. The zero-order chi connectivity index (χ0) is 21.9. The quantitative estimate of drug-likeness (QED) is 0.353. The summed E-state index contributed by atoms with van der Waals surface area (Å²) in [4.78, 5) is 18.5. The third-order valence-electron chi connectivity index (χ3n) is 4.75. The summed E-state index contributed by atoms with van der Waals surface area (Å²) in [7, 11) is 0. The Morgan fingerprint density at radius 2 is 1.75 bits per heavy atom. The van der Waals surface area contributed by atoms with Crippen LogP contribution in [0.5, 0.6) is 0 Å². The molecule has 1 amide bonds. The average molecular weight is 459 g/mol. The van der Waals surface area contributed by atoms with Crippen molar-refractivity contribution in [3.63, 3.8) is 0 Å².